The number of carbonyl (C=O) groups is 1. The van der Waals surface area contributed by atoms with Crippen molar-refractivity contribution in [2.75, 3.05) is 18.6 Å². The molecule has 4 N–H and O–H groups in total. The van der Waals surface area contributed by atoms with Gasteiger partial charge in [0.15, 0.2) is 0 Å². The first-order chi connectivity index (χ1) is 7.45. The molecule has 16 heavy (non-hydrogen) atoms. The van der Waals surface area contributed by atoms with Crippen LogP contribution in [0.5, 0.6) is 0 Å². The lowest BCUT2D eigenvalue weighted by molar-refractivity contribution is -0.139. The van der Waals surface area contributed by atoms with E-state index < -0.39 is 18.0 Å². The molecule has 1 aromatic heterocycles. The molecule has 0 amide bonds. The highest BCUT2D eigenvalue weighted by Crippen LogP contribution is 2.26. The third-order valence-corrected chi connectivity index (χ3v) is 1.97. The number of carbonyl (C=O) groups excluding carboxylic acids is 1. The van der Waals surface area contributed by atoms with Crippen molar-refractivity contribution in [2.45, 2.75) is 12.8 Å². The Balaban J connectivity index is 3.14. The first-order valence-electron chi connectivity index (χ1n) is 4.35. The molecular formula is C9H11F2N3O2. The van der Waals surface area contributed by atoms with E-state index in [1.54, 1.807) is 0 Å². The Morgan fingerprint density at radius 1 is 1.56 bits per heavy atom. The zero-order chi connectivity index (χ0) is 12.3. The maximum absolute atomic E-state index is 12.6. The molecule has 5 nitrogen and oxygen atoms in total. The molecule has 1 rings (SSSR count). The van der Waals surface area contributed by atoms with Crippen LogP contribution >= 0.6 is 0 Å². The van der Waals surface area contributed by atoms with Gasteiger partial charge < -0.3 is 16.2 Å². The molecule has 1 heterocycles. The molecule has 88 valence electrons. The van der Waals surface area contributed by atoms with E-state index in [0.29, 0.717) is 0 Å². The number of anilines is 2. The summed E-state index contributed by atoms with van der Waals surface area (Å²) in [7, 11) is 1.16. The van der Waals surface area contributed by atoms with Crippen molar-refractivity contribution < 1.29 is 18.3 Å². The van der Waals surface area contributed by atoms with Crippen LogP contribution in [-0.2, 0) is 16.0 Å². The Bertz CT molecular complexity index is 410. The normalized spacial score (nSPS) is 10.5. The minimum Gasteiger partial charge on any atom is -0.469 e. The lowest BCUT2D eigenvalue weighted by Crippen LogP contribution is -2.11. The standard InChI is InChI=1S/C9H11F2N3O2/c1-16-7(15)3-6-4(8(10)11)2-5(12)9(13)14-6/h2,8H,3,12H2,1H3,(H2,13,14). The summed E-state index contributed by atoms with van der Waals surface area (Å²) in [6.07, 6.45) is -3.13. The van der Waals surface area contributed by atoms with Crippen LogP contribution in [0.1, 0.15) is 17.7 Å². The molecular weight excluding hydrogens is 220 g/mol. The third-order valence-electron chi connectivity index (χ3n) is 1.97. The maximum atomic E-state index is 12.6. The predicted octanol–water partition coefficient (Wildman–Crippen LogP) is 0.899. The van der Waals surface area contributed by atoms with Gasteiger partial charge in [-0.15, -0.1) is 0 Å². The molecule has 0 aliphatic heterocycles. The second-order valence-corrected chi connectivity index (χ2v) is 3.05. The Labute approximate surface area is 90.4 Å². The van der Waals surface area contributed by atoms with Crippen molar-refractivity contribution in [1.82, 2.24) is 4.98 Å². The van der Waals surface area contributed by atoms with E-state index in [-0.39, 0.29) is 23.6 Å². The zero-order valence-corrected chi connectivity index (χ0v) is 8.54. The van der Waals surface area contributed by atoms with Gasteiger partial charge in [-0.25, -0.2) is 13.8 Å². The van der Waals surface area contributed by atoms with E-state index in [4.69, 9.17) is 11.5 Å². The fraction of sp³-hybridized carbons (Fsp3) is 0.333. The number of rotatable bonds is 3. The minimum absolute atomic E-state index is 0.0380. The number of halogens is 2. The molecule has 0 saturated carbocycles. The number of hydrogen-bond acceptors (Lipinski definition) is 5. The number of pyridine rings is 1. The van der Waals surface area contributed by atoms with E-state index in [1.165, 1.54) is 0 Å². The third kappa shape index (κ3) is 2.56. The summed E-state index contributed by atoms with van der Waals surface area (Å²) in [4.78, 5) is 14.6. The van der Waals surface area contributed by atoms with Gasteiger partial charge in [0.05, 0.1) is 24.9 Å². The molecule has 0 aliphatic rings. The maximum Gasteiger partial charge on any atom is 0.311 e. The van der Waals surface area contributed by atoms with E-state index in [1.807, 2.05) is 0 Å². The van der Waals surface area contributed by atoms with E-state index >= 15 is 0 Å². The van der Waals surface area contributed by atoms with Crippen LogP contribution in [0.4, 0.5) is 20.3 Å². The minimum atomic E-state index is -2.77. The van der Waals surface area contributed by atoms with Crippen molar-refractivity contribution >= 4 is 17.5 Å². The molecule has 0 spiro atoms. The summed E-state index contributed by atoms with van der Waals surface area (Å²) in [6, 6.07) is 1.02. The van der Waals surface area contributed by atoms with Crippen molar-refractivity contribution in [1.29, 1.82) is 0 Å². The van der Waals surface area contributed by atoms with Gasteiger partial charge in [-0.05, 0) is 6.07 Å². The van der Waals surface area contributed by atoms with Crippen LogP contribution in [0, 0.1) is 0 Å². The van der Waals surface area contributed by atoms with Gasteiger partial charge in [-0.1, -0.05) is 0 Å². The first kappa shape index (κ1) is 12.2. The van der Waals surface area contributed by atoms with E-state index in [9.17, 15) is 13.6 Å². The number of ether oxygens (including phenoxy) is 1. The van der Waals surface area contributed by atoms with Gasteiger partial charge in [0, 0.05) is 5.56 Å². The van der Waals surface area contributed by atoms with Gasteiger partial charge in [0.25, 0.3) is 6.43 Å². The molecule has 0 bridgehead atoms. The van der Waals surface area contributed by atoms with Crippen molar-refractivity contribution in [3.05, 3.63) is 17.3 Å². The SMILES string of the molecule is COC(=O)Cc1nc(N)c(N)cc1C(F)F. The van der Waals surface area contributed by atoms with Gasteiger partial charge in [0.1, 0.15) is 5.82 Å². The molecule has 0 unspecified atom stereocenters. The lowest BCUT2D eigenvalue weighted by Gasteiger charge is -2.09. The average molecular weight is 231 g/mol. The van der Waals surface area contributed by atoms with Crippen LogP contribution < -0.4 is 11.5 Å². The van der Waals surface area contributed by atoms with Crippen LogP contribution in [-0.4, -0.2) is 18.1 Å². The summed E-state index contributed by atoms with van der Waals surface area (Å²) < 4.78 is 29.6. The zero-order valence-electron chi connectivity index (χ0n) is 8.54. The number of nitrogen functional groups attached to an aromatic ring is 2. The number of nitrogens with two attached hydrogens (primary N) is 2. The van der Waals surface area contributed by atoms with Gasteiger partial charge >= 0.3 is 5.97 Å². The summed E-state index contributed by atoms with van der Waals surface area (Å²) in [5, 5.41) is 0. The van der Waals surface area contributed by atoms with Gasteiger partial charge in [-0.2, -0.15) is 0 Å². The highest BCUT2D eigenvalue weighted by molar-refractivity contribution is 5.73. The van der Waals surface area contributed by atoms with Crippen LogP contribution in [0.15, 0.2) is 6.07 Å². The van der Waals surface area contributed by atoms with Crippen molar-refractivity contribution in [3.8, 4) is 0 Å². The smallest absolute Gasteiger partial charge is 0.311 e. The van der Waals surface area contributed by atoms with Gasteiger partial charge in [-0.3, -0.25) is 4.79 Å². The molecule has 0 fully saturated rings. The van der Waals surface area contributed by atoms with E-state index in [0.717, 1.165) is 13.2 Å². The van der Waals surface area contributed by atoms with Gasteiger partial charge in [0.2, 0.25) is 0 Å². The number of alkyl halides is 2. The number of aromatic nitrogens is 1. The Morgan fingerprint density at radius 2 is 2.19 bits per heavy atom. The summed E-state index contributed by atoms with van der Waals surface area (Å²) >= 11 is 0. The lowest BCUT2D eigenvalue weighted by atomic mass is 10.1. The topological polar surface area (TPSA) is 91.2 Å². The number of esters is 1. The molecule has 7 heteroatoms. The predicted molar refractivity (Wildman–Crippen MR) is 53.7 cm³/mol. The summed E-state index contributed by atoms with van der Waals surface area (Å²) in [6.45, 7) is 0. The second kappa shape index (κ2) is 4.73. The fourth-order valence-electron chi connectivity index (χ4n) is 1.14. The first-order valence-corrected chi connectivity index (χ1v) is 4.35. The molecule has 0 atom stereocenters. The molecule has 0 radical (unpaired) electrons. The Kier molecular flexibility index (Phi) is 3.60. The van der Waals surface area contributed by atoms with E-state index in [2.05, 4.69) is 9.72 Å². The Hall–Kier alpha value is -1.92. The molecule has 1 aromatic rings. The summed E-state index contributed by atoms with van der Waals surface area (Å²) in [5.41, 5.74) is 10.2. The second-order valence-electron chi connectivity index (χ2n) is 3.05. The molecule has 0 aliphatic carbocycles. The summed E-state index contributed by atoms with van der Waals surface area (Å²) in [5.74, 6) is -0.748. The van der Waals surface area contributed by atoms with Crippen LogP contribution in [0.3, 0.4) is 0 Å². The fourth-order valence-corrected chi connectivity index (χ4v) is 1.14. The van der Waals surface area contributed by atoms with Crippen molar-refractivity contribution in [2.24, 2.45) is 0 Å². The highest BCUT2D eigenvalue weighted by Gasteiger charge is 2.19. The highest BCUT2D eigenvalue weighted by atomic mass is 19.3. The van der Waals surface area contributed by atoms with Crippen LogP contribution in [0.2, 0.25) is 0 Å². The average Bonchev–Trinajstić information content (AvgIpc) is 2.22. The quantitative estimate of drug-likeness (QED) is 0.754. The molecule has 0 aromatic carbocycles. The number of methoxy groups -OCH3 is 1. The molecule has 0 saturated heterocycles. The number of hydrogen-bond donors (Lipinski definition) is 2. The van der Waals surface area contributed by atoms with Crippen molar-refractivity contribution in [3.63, 3.8) is 0 Å². The number of nitrogens with zero attached hydrogens (tertiary/aromatic N) is 1. The Morgan fingerprint density at radius 3 is 2.69 bits per heavy atom. The monoisotopic (exact) mass is 231 g/mol. The largest absolute Gasteiger partial charge is 0.469 e. The van der Waals surface area contributed by atoms with Crippen LogP contribution in [0.25, 0.3) is 0 Å².